The number of carbonyl (C=O) groups excluding carboxylic acids is 3. The summed E-state index contributed by atoms with van der Waals surface area (Å²) in [5, 5.41) is 2.69. The zero-order valence-electron chi connectivity index (χ0n) is 14.4. The van der Waals surface area contributed by atoms with E-state index in [2.05, 4.69) is 5.32 Å². The molecule has 0 unspecified atom stereocenters. The summed E-state index contributed by atoms with van der Waals surface area (Å²) in [6.45, 7) is 1.30. The van der Waals surface area contributed by atoms with Crippen LogP contribution in [0.25, 0.3) is 0 Å². The Labute approximate surface area is 150 Å². The van der Waals surface area contributed by atoms with Crippen LogP contribution >= 0.6 is 0 Å². The quantitative estimate of drug-likeness (QED) is 0.641. The van der Waals surface area contributed by atoms with Crippen LogP contribution in [0.5, 0.6) is 0 Å². The SMILES string of the molecule is C[C@@]1(CCc2ccccc2)NC(=O)N(CC(=O)c2ccc(F)cc2)C1=O. The molecule has 2 aromatic rings. The van der Waals surface area contributed by atoms with E-state index in [0.717, 1.165) is 10.5 Å². The number of nitrogens with one attached hydrogen (secondary N) is 1. The number of Topliss-reactive ketones (excluding diaryl/α,β-unsaturated/α-hetero) is 1. The van der Waals surface area contributed by atoms with Crippen molar-refractivity contribution in [1.82, 2.24) is 10.2 Å². The van der Waals surface area contributed by atoms with Gasteiger partial charge in [-0.15, -0.1) is 0 Å². The van der Waals surface area contributed by atoms with Crippen LogP contribution < -0.4 is 5.32 Å². The number of amides is 3. The number of imide groups is 1. The average Bonchev–Trinajstić information content (AvgIpc) is 2.85. The predicted molar refractivity (Wildman–Crippen MR) is 94.1 cm³/mol. The lowest BCUT2D eigenvalue weighted by Gasteiger charge is -2.21. The summed E-state index contributed by atoms with van der Waals surface area (Å²) < 4.78 is 13.0. The molecule has 2 aromatic carbocycles. The lowest BCUT2D eigenvalue weighted by Crippen LogP contribution is -2.44. The van der Waals surface area contributed by atoms with Gasteiger partial charge in [0.15, 0.2) is 5.78 Å². The summed E-state index contributed by atoms with van der Waals surface area (Å²) in [5.74, 6) is -1.29. The van der Waals surface area contributed by atoms with Crippen LogP contribution in [0.15, 0.2) is 54.6 Å². The molecule has 5 nitrogen and oxygen atoms in total. The number of aryl methyl sites for hydroxylation is 1. The molecule has 1 fully saturated rings. The van der Waals surface area contributed by atoms with Crippen molar-refractivity contribution in [2.75, 3.05) is 6.54 Å². The molecule has 1 aliphatic rings. The van der Waals surface area contributed by atoms with Crippen molar-refractivity contribution in [2.24, 2.45) is 0 Å². The minimum Gasteiger partial charge on any atom is -0.323 e. The Morgan fingerprint density at radius 2 is 1.73 bits per heavy atom. The van der Waals surface area contributed by atoms with Gasteiger partial charge in [0.05, 0.1) is 6.54 Å². The van der Waals surface area contributed by atoms with E-state index in [4.69, 9.17) is 0 Å². The molecule has 1 heterocycles. The Bertz CT molecular complexity index is 836. The van der Waals surface area contributed by atoms with E-state index in [-0.39, 0.29) is 12.1 Å². The molecule has 3 rings (SSSR count). The van der Waals surface area contributed by atoms with Crippen molar-refractivity contribution in [1.29, 1.82) is 0 Å². The Balaban J connectivity index is 1.67. The maximum Gasteiger partial charge on any atom is 0.325 e. The molecule has 6 heteroatoms. The molecule has 1 atom stereocenters. The van der Waals surface area contributed by atoms with Gasteiger partial charge in [0.25, 0.3) is 5.91 Å². The van der Waals surface area contributed by atoms with Gasteiger partial charge in [-0.3, -0.25) is 14.5 Å². The van der Waals surface area contributed by atoms with Crippen molar-refractivity contribution in [2.45, 2.75) is 25.3 Å². The minimum atomic E-state index is -1.05. The normalized spacial score (nSPS) is 19.5. The van der Waals surface area contributed by atoms with Gasteiger partial charge in [0, 0.05) is 5.56 Å². The second-order valence-electron chi connectivity index (χ2n) is 6.57. The first-order chi connectivity index (χ1) is 12.4. The third-order valence-corrected chi connectivity index (χ3v) is 4.57. The standard InChI is InChI=1S/C20H19FN2O3/c1-20(12-11-14-5-3-2-4-6-14)18(25)23(19(26)22-20)13-17(24)15-7-9-16(21)10-8-15/h2-10H,11-13H2,1H3,(H,22,26)/t20-/m0/s1. The van der Waals surface area contributed by atoms with Gasteiger partial charge in [0.2, 0.25) is 0 Å². The van der Waals surface area contributed by atoms with Crippen molar-refractivity contribution in [3.05, 3.63) is 71.5 Å². The lowest BCUT2D eigenvalue weighted by atomic mass is 9.93. The van der Waals surface area contributed by atoms with Gasteiger partial charge in [-0.1, -0.05) is 30.3 Å². The molecule has 1 N–H and O–H groups in total. The van der Waals surface area contributed by atoms with Crippen LogP contribution in [0.3, 0.4) is 0 Å². The Morgan fingerprint density at radius 3 is 2.38 bits per heavy atom. The molecule has 0 bridgehead atoms. The first-order valence-electron chi connectivity index (χ1n) is 8.36. The van der Waals surface area contributed by atoms with Gasteiger partial charge >= 0.3 is 6.03 Å². The summed E-state index contributed by atoms with van der Waals surface area (Å²) in [4.78, 5) is 38.1. The highest BCUT2D eigenvalue weighted by Crippen LogP contribution is 2.23. The predicted octanol–water partition coefficient (Wildman–Crippen LogP) is 2.95. The molecule has 0 aromatic heterocycles. The molecule has 0 aliphatic carbocycles. The molecule has 1 aliphatic heterocycles. The van der Waals surface area contributed by atoms with Crippen molar-refractivity contribution in [3.63, 3.8) is 0 Å². The fourth-order valence-corrected chi connectivity index (χ4v) is 2.97. The zero-order chi connectivity index (χ0) is 18.7. The number of benzene rings is 2. The highest BCUT2D eigenvalue weighted by atomic mass is 19.1. The summed E-state index contributed by atoms with van der Waals surface area (Å²) in [6.07, 6.45) is 1.06. The van der Waals surface area contributed by atoms with Crippen LogP contribution in [0, 0.1) is 5.82 Å². The fraction of sp³-hybridized carbons (Fsp3) is 0.250. The van der Waals surface area contributed by atoms with Crippen LogP contribution in [-0.2, 0) is 11.2 Å². The van der Waals surface area contributed by atoms with E-state index in [1.54, 1.807) is 6.92 Å². The number of hydrogen-bond donors (Lipinski definition) is 1. The number of halogens is 1. The summed E-state index contributed by atoms with van der Waals surface area (Å²) >= 11 is 0. The third kappa shape index (κ3) is 3.64. The van der Waals surface area contributed by atoms with Crippen molar-refractivity contribution < 1.29 is 18.8 Å². The van der Waals surface area contributed by atoms with E-state index in [0.29, 0.717) is 12.8 Å². The largest absolute Gasteiger partial charge is 0.325 e. The van der Waals surface area contributed by atoms with Crippen LogP contribution in [0.2, 0.25) is 0 Å². The van der Waals surface area contributed by atoms with E-state index < -0.39 is 29.1 Å². The smallest absolute Gasteiger partial charge is 0.323 e. The first kappa shape index (κ1) is 17.8. The number of urea groups is 1. The van der Waals surface area contributed by atoms with E-state index in [9.17, 15) is 18.8 Å². The van der Waals surface area contributed by atoms with Crippen LogP contribution in [-0.4, -0.2) is 34.7 Å². The molecular weight excluding hydrogens is 335 g/mol. The zero-order valence-corrected chi connectivity index (χ0v) is 14.4. The Hall–Kier alpha value is -3.02. The maximum absolute atomic E-state index is 13.0. The summed E-state index contributed by atoms with van der Waals surface area (Å²) in [5.41, 5.74) is 0.275. The highest BCUT2D eigenvalue weighted by Gasteiger charge is 2.47. The number of rotatable bonds is 6. The second-order valence-corrected chi connectivity index (χ2v) is 6.57. The maximum atomic E-state index is 13.0. The first-order valence-corrected chi connectivity index (χ1v) is 8.36. The van der Waals surface area contributed by atoms with Crippen LogP contribution in [0.1, 0.15) is 29.3 Å². The van der Waals surface area contributed by atoms with Gasteiger partial charge in [0.1, 0.15) is 11.4 Å². The number of carbonyl (C=O) groups is 3. The molecule has 0 saturated carbocycles. The Morgan fingerprint density at radius 1 is 1.08 bits per heavy atom. The molecular formula is C20H19FN2O3. The fourth-order valence-electron chi connectivity index (χ4n) is 2.97. The highest BCUT2D eigenvalue weighted by molar-refractivity contribution is 6.11. The molecule has 134 valence electrons. The van der Waals surface area contributed by atoms with Crippen LogP contribution in [0.4, 0.5) is 9.18 Å². The summed E-state index contributed by atoms with van der Waals surface area (Å²) in [6, 6.07) is 14.1. The number of ketones is 1. The number of hydrogen-bond acceptors (Lipinski definition) is 3. The molecule has 26 heavy (non-hydrogen) atoms. The molecule has 0 spiro atoms. The van der Waals surface area contributed by atoms with E-state index >= 15 is 0 Å². The second kappa shape index (κ2) is 7.07. The topological polar surface area (TPSA) is 66.5 Å². The van der Waals surface area contributed by atoms with Gasteiger partial charge in [-0.25, -0.2) is 9.18 Å². The minimum absolute atomic E-state index is 0.255. The number of nitrogens with zero attached hydrogens (tertiary/aromatic N) is 1. The molecule has 3 amide bonds. The molecule has 0 radical (unpaired) electrons. The summed E-state index contributed by atoms with van der Waals surface area (Å²) in [7, 11) is 0. The molecule has 1 saturated heterocycles. The van der Waals surface area contributed by atoms with E-state index in [1.807, 2.05) is 30.3 Å². The lowest BCUT2D eigenvalue weighted by molar-refractivity contribution is -0.130. The monoisotopic (exact) mass is 354 g/mol. The Kier molecular flexibility index (Phi) is 4.84. The van der Waals surface area contributed by atoms with Crippen molar-refractivity contribution in [3.8, 4) is 0 Å². The van der Waals surface area contributed by atoms with Crippen molar-refractivity contribution >= 4 is 17.7 Å². The van der Waals surface area contributed by atoms with E-state index in [1.165, 1.54) is 24.3 Å². The van der Waals surface area contributed by atoms with Gasteiger partial charge in [-0.05, 0) is 49.6 Å². The van der Waals surface area contributed by atoms with Gasteiger partial charge in [-0.2, -0.15) is 0 Å². The van der Waals surface area contributed by atoms with Gasteiger partial charge < -0.3 is 5.32 Å². The third-order valence-electron chi connectivity index (χ3n) is 4.57. The average molecular weight is 354 g/mol.